The summed E-state index contributed by atoms with van der Waals surface area (Å²) in [4.78, 5) is 23.8. The van der Waals surface area contributed by atoms with Gasteiger partial charge in [-0.2, -0.15) is 5.10 Å². The number of carbonyl (C=O) groups is 2. The summed E-state index contributed by atoms with van der Waals surface area (Å²) in [5, 5.41) is 6.76. The smallest absolute Gasteiger partial charge is 0.329 e. The standard InChI is InChI=1S/C18H18ClN3O4/c1-11-14(19)5-4-6-15(11)21-17(23)18(24)22-20-10-12-9-13(25-2)7-8-16(12)26-3/h4-10H,1-3H3,(H,21,23)(H,22,24)/b20-10+. The molecule has 0 fully saturated rings. The zero-order valence-corrected chi connectivity index (χ0v) is 15.3. The topological polar surface area (TPSA) is 89.0 Å². The van der Waals surface area contributed by atoms with Crippen LogP contribution in [-0.4, -0.2) is 32.2 Å². The predicted molar refractivity (Wildman–Crippen MR) is 100 cm³/mol. The van der Waals surface area contributed by atoms with E-state index in [1.54, 1.807) is 43.3 Å². The van der Waals surface area contributed by atoms with Gasteiger partial charge in [0.2, 0.25) is 0 Å². The fourth-order valence-electron chi connectivity index (χ4n) is 2.07. The quantitative estimate of drug-likeness (QED) is 0.477. The Morgan fingerprint density at radius 2 is 1.88 bits per heavy atom. The molecule has 7 nitrogen and oxygen atoms in total. The van der Waals surface area contributed by atoms with Gasteiger partial charge in [0.1, 0.15) is 11.5 Å². The van der Waals surface area contributed by atoms with Crippen molar-refractivity contribution in [3.8, 4) is 11.5 Å². The Balaban J connectivity index is 2.03. The molecule has 0 radical (unpaired) electrons. The number of nitrogens with zero attached hydrogens (tertiary/aromatic N) is 1. The highest BCUT2D eigenvalue weighted by molar-refractivity contribution is 6.40. The summed E-state index contributed by atoms with van der Waals surface area (Å²) < 4.78 is 10.3. The average Bonchev–Trinajstić information content (AvgIpc) is 2.65. The molecule has 0 aromatic heterocycles. The molecule has 0 unspecified atom stereocenters. The van der Waals surface area contributed by atoms with Gasteiger partial charge in [-0.05, 0) is 42.8 Å². The maximum Gasteiger partial charge on any atom is 0.329 e. The summed E-state index contributed by atoms with van der Waals surface area (Å²) in [5.41, 5.74) is 3.87. The molecule has 2 aromatic carbocycles. The van der Waals surface area contributed by atoms with E-state index in [-0.39, 0.29) is 0 Å². The highest BCUT2D eigenvalue weighted by Crippen LogP contribution is 2.23. The number of benzene rings is 2. The van der Waals surface area contributed by atoms with Crippen LogP contribution in [0.5, 0.6) is 11.5 Å². The number of ether oxygens (including phenoxy) is 2. The molecule has 8 heteroatoms. The molecule has 0 saturated carbocycles. The van der Waals surface area contributed by atoms with Crippen LogP contribution in [0.4, 0.5) is 5.69 Å². The average molecular weight is 376 g/mol. The van der Waals surface area contributed by atoms with E-state index in [2.05, 4.69) is 15.8 Å². The molecular weight excluding hydrogens is 358 g/mol. The number of hydrogen-bond acceptors (Lipinski definition) is 5. The van der Waals surface area contributed by atoms with Crippen molar-refractivity contribution in [2.24, 2.45) is 5.10 Å². The van der Waals surface area contributed by atoms with E-state index in [1.807, 2.05) is 0 Å². The van der Waals surface area contributed by atoms with Crippen molar-refractivity contribution in [3.05, 3.63) is 52.5 Å². The number of carbonyl (C=O) groups excluding carboxylic acids is 2. The van der Waals surface area contributed by atoms with Crippen molar-refractivity contribution in [2.75, 3.05) is 19.5 Å². The van der Waals surface area contributed by atoms with Crippen molar-refractivity contribution in [1.82, 2.24) is 5.43 Å². The second kappa shape index (κ2) is 8.87. The Hall–Kier alpha value is -3.06. The molecule has 0 spiro atoms. The Kier molecular flexibility index (Phi) is 6.57. The van der Waals surface area contributed by atoms with E-state index >= 15 is 0 Å². The molecule has 0 aliphatic carbocycles. The van der Waals surface area contributed by atoms with Crippen LogP contribution in [0.3, 0.4) is 0 Å². The van der Waals surface area contributed by atoms with E-state index in [9.17, 15) is 9.59 Å². The number of halogens is 1. The van der Waals surface area contributed by atoms with Crippen LogP contribution in [0.1, 0.15) is 11.1 Å². The molecule has 0 saturated heterocycles. The number of amides is 2. The lowest BCUT2D eigenvalue weighted by Gasteiger charge is -2.08. The molecule has 2 rings (SSSR count). The molecule has 0 aliphatic rings. The number of anilines is 1. The first kappa shape index (κ1) is 19.3. The van der Waals surface area contributed by atoms with Gasteiger partial charge in [0.15, 0.2) is 0 Å². The van der Waals surface area contributed by atoms with Gasteiger partial charge in [-0.3, -0.25) is 9.59 Å². The Labute approximate surface area is 155 Å². The van der Waals surface area contributed by atoms with E-state index < -0.39 is 11.8 Å². The number of hydrogen-bond donors (Lipinski definition) is 2. The van der Waals surface area contributed by atoms with Crippen LogP contribution in [0.25, 0.3) is 0 Å². The van der Waals surface area contributed by atoms with E-state index in [1.165, 1.54) is 20.4 Å². The van der Waals surface area contributed by atoms with Crippen molar-refractivity contribution >= 4 is 35.3 Å². The van der Waals surface area contributed by atoms with Gasteiger partial charge >= 0.3 is 11.8 Å². The first-order chi connectivity index (χ1) is 12.5. The molecule has 0 aliphatic heterocycles. The summed E-state index contributed by atoms with van der Waals surface area (Å²) in [6.07, 6.45) is 1.36. The maximum atomic E-state index is 12.0. The lowest BCUT2D eigenvalue weighted by molar-refractivity contribution is -0.136. The third-order valence-corrected chi connectivity index (χ3v) is 3.94. The number of methoxy groups -OCH3 is 2. The Morgan fingerprint density at radius 3 is 2.58 bits per heavy atom. The fourth-order valence-corrected chi connectivity index (χ4v) is 2.25. The molecule has 0 atom stereocenters. The van der Waals surface area contributed by atoms with Gasteiger partial charge in [-0.25, -0.2) is 5.43 Å². The van der Waals surface area contributed by atoms with Crippen LogP contribution in [-0.2, 0) is 9.59 Å². The Morgan fingerprint density at radius 1 is 1.12 bits per heavy atom. The molecule has 26 heavy (non-hydrogen) atoms. The van der Waals surface area contributed by atoms with Gasteiger partial charge in [0, 0.05) is 16.3 Å². The lowest BCUT2D eigenvalue weighted by Crippen LogP contribution is -2.32. The van der Waals surface area contributed by atoms with Gasteiger partial charge in [0.25, 0.3) is 0 Å². The highest BCUT2D eigenvalue weighted by atomic mass is 35.5. The third-order valence-electron chi connectivity index (χ3n) is 3.53. The normalized spacial score (nSPS) is 10.5. The molecule has 2 N–H and O–H groups in total. The summed E-state index contributed by atoms with van der Waals surface area (Å²) in [5.74, 6) is -0.622. The predicted octanol–water partition coefficient (Wildman–Crippen LogP) is 2.75. The minimum absolute atomic E-state index is 0.455. The summed E-state index contributed by atoms with van der Waals surface area (Å²) in [6, 6.07) is 10.1. The van der Waals surface area contributed by atoms with E-state index in [0.29, 0.717) is 33.3 Å². The largest absolute Gasteiger partial charge is 0.497 e. The summed E-state index contributed by atoms with van der Waals surface area (Å²) in [6.45, 7) is 1.74. The van der Waals surface area contributed by atoms with E-state index in [0.717, 1.165) is 0 Å². The minimum atomic E-state index is -0.914. The third kappa shape index (κ3) is 4.73. The van der Waals surface area contributed by atoms with Crippen LogP contribution >= 0.6 is 11.6 Å². The van der Waals surface area contributed by atoms with Crippen LogP contribution in [0.15, 0.2) is 41.5 Å². The first-order valence-electron chi connectivity index (χ1n) is 7.57. The van der Waals surface area contributed by atoms with Gasteiger partial charge in [-0.1, -0.05) is 17.7 Å². The molecule has 0 bridgehead atoms. The SMILES string of the molecule is COc1ccc(OC)c(/C=N/NC(=O)C(=O)Nc2cccc(Cl)c2C)c1. The minimum Gasteiger partial charge on any atom is -0.497 e. The van der Waals surface area contributed by atoms with Crippen molar-refractivity contribution in [1.29, 1.82) is 0 Å². The van der Waals surface area contributed by atoms with Crippen LogP contribution in [0.2, 0.25) is 5.02 Å². The second-order valence-corrected chi connectivity index (χ2v) is 5.58. The van der Waals surface area contributed by atoms with Gasteiger partial charge < -0.3 is 14.8 Å². The maximum absolute atomic E-state index is 12.0. The Bertz CT molecular complexity index is 852. The second-order valence-electron chi connectivity index (χ2n) is 5.17. The number of nitrogens with one attached hydrogen (secondary N) is 2. The molecule has 0 heterocycles. The van der Waals surface area contributed by atoms with Crippen LogP contribution in [0, 0.1) is 6.92 Å². The van der Waals surface area contributed by atoms with E-state index in [4.69, 9.17) is 21.1 Å². The monoisotopic (exact) mass is 375 g/mol. The number of hydrazone groups is 1. The highest BCUT2D eigenvalue weighted by Gasteiger charge is 2.14. The zero-order valence-electron chi connectivity index (χ0n) is 14.5. The summed E-state index contributed by atoms with van der Waals surface area (Å²) >= 11 is 5.98. The zero-order chi connectivity index (χ0) is 19.1. The first-order valence-corrected chi connectivity index (χ1v) is 7.95. The van der Waals surface area contributed by atoms with Crippen molar-refractivity contribution in [3.63, 3.8) is 0 Å². The molecular formula is C18H18ClN3O4. The fraction of sp³-hybridized carbons (Fsp3) is 0.167. The lowest BCUT2D eigenvalue weighted by atomic mass is 10.2. The van der Waals surface area contributed by atoms with Crippen molar-refractivity contribution < 1.29 is 19.1 Å². The summed E-state index contributed by atoms with van der Waals surface area (Å²) in [7, 11) is 3.05. The van der Waals surface area contributed by atoms with Crippen LogP contribution < -0.4 is 20.2 Å². The molecule has 2 aromatic rings. The van der Waals surface area contributed by atoms with Gasteiger partial charge in [-0.15, -0.1) is 0 Å². The number of rotatable bonds is 5. The van der Waals surface area contributed by atoms with Gasteiger partial charge in [0.05, 0.1) is 20.4 Å². The van der Waals surface area contributed by atoms with Crippen molar-refractivity contribution in [2.45, 2.75) is 6.92 Å². The molecule has 136 valence electrons. The molecule has 2 amide bonds.